The summed E-state index contributed by atoms with van der Waals surface area (Å²) in [6, 6.07) is 12.8. The van der Waals surface area contributed by atoms with Crippen LogP contribution in [0, 0.1) is 0 Å². The van der Waals surface area contributed by atoms with Crippen LogP contribution in [0.4, 0.5) is 0 Å². The zero-order valence-electron chi connectivity index (χ0n) is 18.0. The van der Waals surface area contributed by atoms with E-state index in [1.165, 1.54) is 21.9 Å². The number of para-hydroxylation sites is 2. The average Bonchev–Trinajstić information content (AvgIpc) is 3.15. The van der Waals surface area contributed by atoms with Crippen molar-refractivity contribution in [3.63, 3.8) is 0 Å². The number of furan rings is 1. The minimum atomic E-state index is 0. The minimum Gasteiger partial charge on any atom is -0.455 e. The van der Waals surface area contributed by atoms with Crippen LogP contribution >= 0.6 is 17.0 Å². The van der Waals surface area contributed by atoms with Crippen LogP contribution in [0.3, 0.4) is 0 Å². The second-order valence-electron chi connectivity index (χ2n) is 7.59. The van der Waals surface area contributed by atoms with Gasteiger partial charge in [0.2, 0.25) is 0 Å². The Hall–Kier alpha value is -1.48. The van der Waals surface area contributed by atoms with Gasteiger partial charge in [0.15, 0.2) is 0 Å². The van der Waals surface area contributed by atoms with Crippen molar-refractivity contribution < 1.29 is 18.6 Å². The Balaban J connectivity index is 0.00000272. The second kappa shape index (κ2) is 13.2. The largest absolute Gasteiger partial charge is 0.455 e. The van der Waals surface area contributed by atoms with Crippen LogP contribution in [-0.4, -0.2) is 52.7 Å². The van der Waals surface area contributed by atoms with Gasteiger partial charge in [-0.15, -0.1) is 17.0 Å². The molecule has 0 spiro atoms. The van der Waals surface area contributed by atoms with Crippen molar-refractivity contribution in [2.45, 2.75) is 25.9 Å². The number of nitrogens with one attached hydrogen (secondary N) is 2. The van der Waals surface area contributed by atoms with Crippen molar-refractivity contribution in [2.75, 3.05) is 52.7 Å². The Morgan fingerprint density at radius 2 is 1.03 bits per heavy atom. The highest BCUT2D eigenvalue weighted by atomic mass is 79.9. The number of fused-ring (bicyclic) bond motifs is 1. The third-order valence-electron chi connectivity index (χ3n) is 5.35. The van der Waals surface area contributed by atoms with Gasteiger partial charge in [0.25, 0.3) is 0 Å². The number of rotatable bonds is 0. The van der Waals surface area contributed by atoms with Crippen LogP contribution in [-0.2, 0) is 27.3 Å². The Labute approximate surface area is 194 Å². The molecule has 4 rings (SSSR count). The van der Waals surface area contributed by atoms with Gasteiger partial charge in [-0.05, 0) is 25.9 Å². The van der Waals surface area contributed by atoms with E-state index in [0.717, 1.165) is 63.4 Å². The van der Waals surface area contributed by atoms with Gasteiger partial charge in [-0.25, -0.2) is 0 Å². The van der Waals surface area contributed by atoms with E-state index in [-0.39, 0.29) is 17.0 Å². The summed E-state index contributed by atoms with van der Waals surface area (Å²) in [5, 5.41) is 9.39. The molecule has 170 valence electrons. The first kappa shape index (κ1) is 24.2. The van der Waals surface area contributed by atoms with Gasteiger partial charge in [0, 0.05) is 48.2 Å². The molecule has 0 fully saturated rings. The van der Waals surface area contributed by atoms with Crippen LogP contribution < -0.4 is 10.6 Å². The zero-order chi connectivity index (χ0) is 20.4. The molecule has 0 aliphatic carbocycles. The zero-order valence-corrected chi connectivity index (χ0v) is 19.7. The lowest BCUT2D eigenvalue weighted by molar-refractivity contribution is 0.0138. The van der Waals surface area contributed by atoms with Gasteiger partial charge in [-0.2, -0.15) is 0 Å². The van der Waals surface area contributed by atoms with Gasteiger partial charge in [0.1, 0.15) is 11.2 Å². The molecule has 0 atom stereocenters. The molecule has 0 amide bonds. The van der Waals surface area contributed by atoms with Crippen molar-refractivity contribution >= 4 is 38.9 Å². The molecule has 7 heteroatoms. The van der Waals surface area contributed by atoms with Crippen LogP contribution in [0.2, 0.25) is 0 Å². The SMILES string of the molecule is Br.c1cc2c3oc4c(cccc4c3c1)CNCCCOCCOCCOCCCNC2. The van der Waals surface area contributed by atoms with E-state index in [2.05, 4.69) is 47.0 Å². The lowest BCUT2D eigenvalue weighted by Crippen LogP contribution is -2.18. The number of benzene rings is 2. The molecule has 3 aromatic rings. The van der Waals surface area contributed by atoms with Crippen molar-refractivity contribution in [2.24, 2.45) is 0 Å². The summed E-state index contributed by atoms with van der Waals surface area (Å²) in [6.07, 6.45) is 1.93. The summed E-state index contributed by atoms with van der Waals surface area (Å²) in [7, 11) is 0. The molecular weight excluding hydrogens is 460 g/mol. The van der Waals surface area contributed by atoms with Crippen LogP contribution in [0.25, 0.3) is 21.9 Å². The van der Waals surface area contributed by atoms with E-state index in [0.29, 0.717) is 26.4 Å². The fourth-order valence-electron chi connectivity index (χ4n) is 3.80. The van der Waals surface area contributed by atoms with Gasteiger partial charge in [-0.3, -0.25) is 0 Å². The summed E-state index contributed by atoms with van der Waals surface area (Å²) in [5.41, 5.74) is 4.35. The first-order valence-corrected chi connectivity index (χ1v) is 11.0. The van der Waals surface area contributed by atoms with Crippen molar-refractivity contribution in [1.29, 1.82) is 0 Å². The fourth-order valence-corrected chi connectivity index (χ4v) is 3.80. The molecule has 0 unspecified atom stereocenters. The topological polar surface area (TPSA) is 64.9 Å². The lowest BCUT2D eigenvalue weighted by atomic mass is 10.1. The Bertz CT molecular complexity index is 858. The van der Waals surface area contributed by atoms with Gasteiger partial charge < -0.3 is 29.3 Å². The van der Waals surface area contributed by atoms with Crippen molar-refractivity contribution in [1.82, 2.24) is 10.6 Å². The predicted molar refractivity (Wildman–Crippen MR) is 129 cm³/mol. The quantitative estimate of drug-likeness (QED) is 0.490. The maximum absolute atomic E-state index is 6.38. The van der Waals surface area contributed by atoms with Crippen LogP contribution in [0.5, 0.6) is 0 Å². The standard InChI is InChI=1S/C24H32N2O4.BrH/c1-5-19-17-25-9-3-11-27-13-15-29-16-14-28-12-4-10-26-18-20-6-2-8-22-21(7-1)23(19)30-24(20)22;/h1-2,5-8,25-26H,3-4,9-18H2;1H. The molecule has 0 saturated heterocycles. The normalized spacial score (nSPS) is 18.5. The summed E-state index contributed by atoms with van der Waals surface area (Å²) < 4.78 is 23.2. The van der Waals surface area contributed by atoms with Crippen LogP contribution in [0.15, 0.2) is 40.8 Å². The smallest absolute Gasteiger partial charge is 0.139 e. The number of hydrogen-bond acceptors (Lipinski definition) is 6. The van der Waals surface area contributed by atoms with E-state index >= 15 is 0 Å². The summed E-state index contributed by atoms with van der Waals surface area (Å²) >= 11 is 0. The highest BCUT2D eigenvalue weighted by Gasteiger charge is 2.13. The fraction of sp³-hybridized carbons (Fsp3) is 0.500. The third kappa shape index (κ3) is 6.75. The summed E-state index contributed by atoms with van der Waals surface area (Å²) in [6.45, 7) is 7.34. The Morgan fingerprint density at radius 3 is 1.52 bits per heavy atom. The molecule has 1 aliphatic rings. The van der Waals surface area contributed by atoms with Gasteiger partial charge in [0.05, 0.1) is 26.4 Å². The molecule has 1 aromatic heterocycles. The monoisotopic (exact) mass is 492 g/mol. The molecule has 2 aromatic carbocycles. The van der Waals surface area contributed by atoms with Crippen molar-refractivity contribution in [3.8, 4) is 0 Å². The maximum atomic E-state index is 6.38. The minimum absolute atomic E-state index is 0. The summed E-state index contributed by atoms with van der Waals surface area (Å²) in [5.74, 6) is 0. The van der Waals surface area contributed by atoms with E-state index < -0.39 is 0 Å². The molecule has 0 radical (unpaired) electrons. The Morgan fingerprint density at radius 1 is 0.581 bits per heavy atom. The number of halogens is 1. The molecule has 1 aliphatic heterocycles. The van der Waals surface area contributed by atoms with E-state index in [9.17, 15) is 0 Å². The first-order chi connectivity index (χ1) is 14.9. The molecule has 0 saturated carbocycles. The molecular formula is C24H33BrN2O4. The van der Waals surface area contributed by atoms with Crippen LogP contribution in [0.1, 0.15) is 24.0 Å². The molecule has 2 N–H and O–H groups in total. The van der Waals surface area contributed by atoms with Crippen molar-refractivity contribution in [3.05, 3.63) is 47.5 Å². The van der Waals surface area contributed by atoms with E-state index in [4.69, 9.17) is 18.6 Å². The van der Waals surface area contributed by atoms with E-state index in [1.807, 2.05) is 0 Å². The third-order valence-corrected chi connectivity index (χ3v) is 5.35. The maximum Gasteiger partial charge on any atom is 0.139 e. The summed E-state index contributed by atoms with van der Waals surface area (Å²) in [4.78, 5) is 0. The van der Waals surface area contributed by atoms with Gasteiger partial charge >= 0.3 is 0 Å². The lowest BCUT2D eigenvalue weighted by Gasteiger charge is -2.09. The second-order valence-corrected chi connectivity index (χ2v) is 7.59. The predicted octanol–water partition coefficient (Wildman–Crippen LogP) is 4.19. The number of hydrogen-bond donors (Lipinski definition) is 2. The molecule has 2 bridgehead atoms. The first-order valence-electron chi connectivity index (χ1n) is 11.0. The molecule has 31 heavy (non-hydrogen) atoms. The number of ether oxygens (including phenoxy) is 3. The van der Waals surface area contributed by atoms with Gasteiger partial charge in [-0.1, -0.05) is 36.4 Å². The van der Waals surface area contributed by atoms with E-state index in [1.54, 1.807) is 0 Å². The molecule has 6 nitrogen and oxygen atoms in total. The molecule has 2 heterocycles. The highest BCUT2D eigenvalue weighted by Crippen LogP contribution is 2.32. The average molecular weight is 493 g/mol. The highest BCUT2D eigenvalue weighted by molar-refractivity contribution is 8.93. The Kier molecular flexibility index (Phi) is 10.3.